The summed E-state index contributed by atoms with van der Waals surface area (Å²) in [4.78, 5) is 13.2. The van der Waals surface area contributed by atoms with Gasteiger partial charge in [0.15, 0.2) is 0 Å². The first-order valence-corrected chi connectivity index (χ1v) is 5.65. The molecule has 0 spiro atoms. The van der Waals surface area contributed by atoms with E-state index < -0.39 is 0 Å². The molecule has 1 amide bonds. The summed E-state index contributed by atoms with van der Waals surface area (Å²) in [5, 5.41) is 0. The lowest BCUT2D eigenvalue weighted by Gasteiger charge is -2.23. The first-order chi connectivity index (χ1) is 7.09. The average molecular weight is 269 g/mol. The lowest BCUT2D eigenvalue weighted by atomic mass is 10.0. The SMILES string of the molecule is CN1C(=O)CC(N)C1c1ccc(Br)cc1. The number of rotatable bonds is 1. The minimum Gasteiger partial charge on any atom is -0.337 e. The van der Waals surface area contributed by atoms with Crippen molar-refractivity contribution in [3.05, 3.63) is 34.3 Å². The minimum absolute atomic E-state index is 0.0191. The van der Waals surface area contributed by atoms with Crippen molar-refractivity contribution in [2.24, 2.45) is 5.73 Å². The van der Waals surface area contributed by atoms with E-state index in [0.29, 0.717) is 6.42 Å². The molecule has 2 N–H and O–H groups in total. The molecule has 4 heteroatoms. The van der Waals surface area contributed by atoms with Crippen LogP contribution >= 0.6 is 15.9 Å². The van der Waals surface area contributed by atoms with E-state index in [9.17, 15) is 4.79 Å². The van der Waals surface area contributed by atoms with E-state index in [2.05, 4.69) is 15.9 Å². The smallest absolute Gasteiger partial charge is 0.224 e. The zero-order valence-corrected chi connectivity index (χ0v) is 10.1. The van der Waals surface area contributed by atoms with Crippen LogP contribution in [0, 0.1) is 0 Å². The van der Waals surface area contributed by atoms with Crippen LogP contribution in [0.3, 0.4) is 0 Å². The molecule has 0 aliphatic carbocycles. The van der Waals surface area contributed by atoms with Gasteiger partial charge in [-0.15, -0.1) is 0 Å². The highest BCUT2D eigenvalue weighted by molar-refractivity contribution is 9.10. The van der Waals surface area contributed by atoms with E-state index in [-0.39, 0.29) is 18.0 Å². The van der Waals surface area contributed by atoms with Gasteiger partial charge in [-0.25, -0.2) is 0 Å². The second-order valence-electron chi connectivity index (χ2n) is 3.87. The fourth-order valence-electron chi connectivity index (χ4n) is 2.03. The zero-order valence-electron chi connectivity index (χ0n) is 8.48. The Labute approximate surface area is 97.4 Å². The highest BCUT2D eigenvalue weighted by Crippen LogP contribution is 2.30. The van der Waals surface area contributed by atoms with Crippen molar-refractivity contribution in [3.63, 3.8) is 0 Å². The van der Waals surface area contributed by atoms with Crippen LogP contribution in [0.15, 0.2) is 28.7 Å². The summed E-state index contributed by atoms with van der Waals surface area (Å²) in [6.45, 7) is 0. The second-order valence-corrected chi connectivity index (χ2v) is 4.78. The zero-order chi connectivity index (χ0) is 11.0. The van der Waals surface area contributed by atoms with Crippen LogP contribution in [0.25, 0.3) is 0 Å². The number of nitrogens with two attached hydrogens (primary N) is 1. The van der Waals surface area contributed by atoms with Gasteiger partial charge >= 0.3 is 0 Å². The highest BCUT2D eigenvalue weighted by Gasteiger charge is 2.35. The van der Waals surface area contributed by atoms with Crippen LogP contribution in [-0.2, 0) is 4.79 Å². The van der Waals surface area contributed by atoms with E-state index in [4.69, 9.17) is 5.73 Å². The summed E-state index contributed by atoms with van der Waals surface area (Å²) in [5.41, 5.74) is 7.05. The molecular formula is C11H13BrN2O. The Kier molecular flexibility index (Phi) is 2.80. The topological polar surface area (TPSA) is 46.3 Å². The van der Waals surface area contributed by atoms with Crippen LogP contribution in [0.2, 0.25) is 0 Å². The quantitative estimate of drug-likeness (QED) is 0.843. The van der Waals surface area contributed by atoms with E-state index in [1.807, 2.05) is 31.3 Å². The van der Waals surface area contributed by atoms with Gasteiger partial charge in [0.05, 0.1) is 6.04 Å². The maximum absolute atomic E-state index is 11.5. The van der Waals surface area contributed by atoms with Crippen molar-refractivity contribution in [3.8, 4) is 0 Å². The third-order valence-electron chi connectivity index (χ3n) is 2.84. The van der Waals surface area contributed by atoms with Gasteiger partial charge in [-0.2, -0.15) is 0 Å². The summed E-state index contributed by atoms with van der Waals surface area (Å²) in [6.07, 6.45) is 0.442. The minimum atomic E-state index is -0.0938. The Hall–Kier alpha value is -0.870. The number of hydrogen-bond acceptors (Lipinski definition) is 2. The van der Waals surface area contributed by atoms with Gasteiger partial charge in [-0.3, -0.25) is 4.79 Å². The summed E-state index contributed by atoms with van der Waals surface area (Å²) >= 11 is 3.38. The number of halogens is 1. The summed E-state index contributed by atoms with van der Waals surface area (Å²) in [7, 11) is 1.81. The summed E-state index contributed by atoms with van der Waals surface area (Å²) in [6, 6.07) is 7.87. The van der Waals surface area contributed by atoms with Crippen molar-refractivity contribution in [2.45, 2.75) is 18.5 Å². The van der Waals surface area contributed by atoms with Gasteiger partial charge in [0.1, 0.15) is 0 Å². The summed E-state index contributed by atoms with van der Waals surface area (Å²) < 4.78 is 1.03. The molecule has 80 valence electrons. The molecule has 1 aromatic rings. The third kappa shape index (κ3) is 1.92. The van der Waals surface area contributed by atoms with Crippen molar-refractivity contribution in [1.29, 1.82) is 0 Å². The Morgan fingerprint density at radius 2 is 2.00 bits per heavy atom. The second kappa shape index (κ2) is 3.94. The van der Waals surface area contributed by atoms with Crippen molar-refractivity contribution in [1.82, 2.24) is 4.90 Å². The molecule has 0 saturated carbocycles. The molecule has 1 aromatic carbocycles. The number of likely N-dealkylation sites (tertiary alicyclic amines) is 1. The molecular weight excluding hydrogens is 256 g/mol. The van der Waals surface area contributed by atoms with Crippen LogP contribution < -0.4 is 5.73 Å². The van der Waals surface area contributed by atoms with Crippen molar-refractivity contribution >= 4 is 21.8 Å². The number of benzene rings is 1. The molecule has 0 radical (unpaired) electrons. The van der Waals surface area contributed by atoms with E-state index >= 15 is 0 Å². The third-order valence-corrected chi connectivity index (χ3v) is 3.37. The normalized spacial score (nSPS) is 26.1. The largest absolute Gasteiger partial charge is 0.337 e. The van der Waals surface area contributed by atoms with Crippen LogP contribution in [0.4, 0.5) is 0 Å². The van der Waals surface area contributed by atoms with Gasteiger partial charge in [0.25, 0.3) is 0 Å². The van der Waals surface area contributed by atoms with Crippen LogP contribution in [0.1, 0.15) is 18.0 Å². The number of nitrogens with zero attached hydrogens (tertiary/aromatic N) is 1. The highest BCUT2D eigenvalue weighted by atomic mass is 79.9. The number of likely N-dealkylation sites (N-methyl/N-ethyl adjacent to an activating group) is 1. The van der Waals surface area contributed by atoms with Crippen LogP contribution in [-0.4, -0.2) is 23.9 Å². The standard InChI is InChI=1S/C11H13BrN2O/c1-14-10(15)6-9(13)11(14)7-2-4-8(12)5-3-7/h2-5,9,11H,6,13H2,1H3. The Balaban J connectivity index is 2.30. The molecule has 3 nitrogen and oxygen atoms in total. The fourth-order valence-corrected chi connectivity index (χ4v) is 2.29. The average Bonchev–Trinajstić information content (AvgIpc) is 2.44. The van der Waals surface area contributed by atoms with Gasteiger partial charge in [-0.1, -0.05) is 28.1 Å². The van der Waals surface area contributed by atoms with Crippen LogP contribution in [0.5, 0.6) is 0 Å². The van der Waals surface area contributed by atoms with Gasteiger partial charge in [0.2, 0.25) is 5.91 Å². The molecule has 15 heavy (non-hydrogen) atoms. The molecule has 1 saturated heterocycles. The van der Waals surface area contributed by atoms with Gasteiger partial charge in [-0.05, 0) is 17.7 Å². The monoisotopic (exact) mass is 268 g/mol. The number of carbonyl (C=O) groups is 1. The molecule has 2 rings (SSSR count). The Morgan fingerprint density at radius 1 is 1.40 bits per heavy atom. The summed E-state index contributed by atoms with van der Waals surface area (Å²) in [5.74, 6) is 0.121. The Bertz CT molecular complexity index is 377. The first kappa shape index (κ1) is 10.6. The molecule has 1 fully saturated rings. The predicted octanol–water partition coefficient (Wildman–Crippen LogP) is 1.68. The van der Waals surface area contributed by atoms with Crippen molar-refractivity contribution in [2.75, 3.05) is 7.05 Å². The lowest BCUT2D eigenvalue weighted by molar-refractivity contribution is -0.127. The molecule has 2 unspecified atom stereocenters. The van der Waals surface area contributed by atoms with Gasteiger partial charge in [0, 0.05) is 24.0 Å². The molecule has 2 atom stereocenters. The van der Waals surface area contributed by atoms with E-state index in [1.54, 1.807) is 4.90 Å². The Morgan fingerprint density at radius 3 is 2.47 bits per heavy atom. The fraction of sp³-hybridized carbons (Fsp3) is 0.364. The van der Waals surface area contributed by atoms with Crippen molar-refractivity contribution < 1.29 is 4.79 Å². The first-order valence-electron chi connectivity index (χ1n) is 4.86. The molecule has 1 heterocycles. The maximum atomic E-state index is 11.5. The number of carbonyl (C=O) groups excluding carboxylic acids is 1. The lowest BCUT2D eigenvalue weighted by Crippen LogP contribution is -2.30. The van der Waals surface area contributed by atoms with Gasteiger partial charge < -0.3 is 10.6 Å². The molecule has 0 bridgehead atoms. The molecule has 1 aliphatic heterocycles. The molecule has 1 aliphatic rings. The van der Waals surface area contributed by atoms with E-state index in [1.165, 1.54) is 0 Å². The number of amides is 1. The predicted molar refractivity (Wildman–Crippen MR) is 62.2 cm³/mol. The number of hydrogen-bond donors (Lipinski definition) is 1. The van der Waals surface area contributed by atoms with E-state index in [0.717, 1.165) is 10.0 Å². The maximum Gasteiger partial charge on any atom is 0.224 e. The molecule has 0 aromatic heterocycles.